The Kier molecular flexibility index (Phi) is 4.95. The van der Waals surface area contributed by atoms with Gasteiger partial charge in [-0.1, -0.05) is 25.1 Å². The van der Waals surface area contributed by atoms with Crippen molar-refractivity contribution in [3.63, 3.8) is 0 Å². The van der Waals surface area contributed by atoms with E-state index in [2.05, 4.69) is 11.8 Å². The molecule has 0 saturated carbocycles. The SMILES string of the molecule is CCN1CCC[C@H]1c1cc(O)c(C(=O)Oc2ccccc2)c(C)c1O. The molecule has 1 heterocycles. The minimum atomic E-state index is -0.679. The van der Waals surface area contributed by atoms with E-state index in [1.54, 1.807) is 31.2 Å². The predicted octanol–water partition coefficient (Wildman–Crippen LogP) is 3.78. The molecule has 132 valence electrons. The highest BCUT2D eigenvalue weighted by Crippen LogP contribution is 2.42. The van der Waals surface area contributed by atoms with E-state index in [9.17, 15) is 15.0 Å². The summed E-state index contributed by atoms with van der Waals surface area (Å²) < 4.78 is 5.30. The monoisotopic (exact) mass is 341 g/mol. The molecule has 1 saturated heterocycles. The Morgan fingerprint density at radius 3 is 2.68 bits per heavy atom. The quantitative estimate of drug-likeness (QED) is 0.503. The summed E-state index contributed by atoms with van der Waals surface area (Å²) in [5.41, 5.74) is 1.02. The molecular formula is C20H23NO4. The number of carbonyl (C=O) groups is 1. The molecule has 2 aromatic rings. The molecule has 2 aromatic carbocycles. The van der Waals surface area contributed by atoms with Crippen molar-refractivity contribution >= 4 is 5.97 Å². The Balaban J connectivity index is 1.94. The molecule has 1 aliphatic rings. The normalized spacial score (nSPS) is 17.6. The summed E-state index contributed by atoms with van der Waals surface area (Å²) in [5, 5.41) is 21.1. The van der Waals surface area contributed by atoms with Crippen molar-refractivity contribution in [2.75, 3.05) is 13.1 Å². The molecule has 0 amide bonds. The lowest BCUT2D eigenvalue weighted by atomic mass is 9.96. The van der Waals surface area contributed by atoms with E-state index in [0.717, 1.165) is 25.9 Å². The van der Waals surface area contributed by atoms with Crippen LogP contribution in [0.5, 0.6) is 17.2 Å². The van der Waals surface area contributed by atoms with Gasteiger partial charge in [-0.05, 0) is 51.1 Å². The van der Waals surface area contributed by atoms with Crippen LogP contribution in [0.25, 0.3) is 0 Å². The van der Waals surface area contributed by atoms with Crippen molar-refractivity contribution in [2.24, 2.45) is 0 Å². The second kappa shape index (κ2) is 7.15. The maximum Gasteiger partial charge on any atom is 0.347 e. The molecule has 3 rings (SSSR count). The second-order valence-electron chi connectivity index (χ2n) is 6.32. The van der Waals surface area contributed by atoms with E-state index < -0.39 is 5.97 Å². The average molecular weight is 341 g/mol. The number of carbonyl (C=O) groups excluding carboxylic acids is 1. The molecule has 1 atom stereocenters. The van der Waals surface area contributed by atoms with E-state index in [1.807, 2.05) is 6.07 Å². The van der Waals surface area contributed by atoms with Crippen LogP contribution in [0.15, 0.2) is 36.4 Å². The molecule has 0 aliphatic carbocycles. The van der Waals surface area contributed by atoms with Crippen molar-refractivity contribution in [3.8, 4) is 17.2 Å². The molecule has 2 N–H and O–H groups in total. The van der Waals surface area contributed by atoms with Crippen molar-refractivity contribution in [1.29, 1.82) is 0 Å². The third-order valence-corrected chi connectivity index (χ3v) is 4.84. The van der Waals surface area contributed by atoms with Gasteiger partial charge in [-0.3, -0.25) is 4.90 Å². The number of esters is 1. The fourth-order valence-corrected chi connectivity index (χ4v) is 3.53. The van der Waals surface area contributed by atoms with Crippen LogP contribution in [0, 0.1) is 6.92 Å². The summed E-state index contributed by atoms with van der Waals surface area (Å²) in [6.45, 7) is 5.55. The number of nitrogens with zero attached hydrogens (tertiary/aromatic N) is 1. The van der Waals surface area contributed by atoms with Crippen molar-refractivity contribution in [2.45, 2.75) is 32.7 Å². The number of likely N-dealkylation sites (tertiary alicyclic amines) is 1. The summed E-state index contributed by atoms with van der Waals surface area (Å²) in [6.07, 6.45) is 1.98. The Labute approximate surface area is 147 Å². The lowest BCUT2D eigenvalue weighted by Crippen LogP contribution is -2.23. The highest BCUT2D eigenvalue weighted by Gasteiger charge is 2.30. The van der Waals surface area contributed by atoms with Crippen LogP contribution in [-0.2, 0) is 0 Å². The number of hydrogen-bond acceptors (Lipinski definition) is 5. The topological polar surface area (TPSA) is 70.0 Å². The summed E-state index contributed by atoms with van der Waals surface area (Å²) in [6, 6.07) is 10.2. The van der Waals surface area contributed by atoms with Gasteiger partial charge in [-0.25, -0.2) is 4.79 Å². The molecule has 25 heavy (non-hydrogen) atoms. The van der Waals surface area contributed by atoms with E-state index in [-0.39, 0.29) is 23.1 Å². The minimum Gasteiger partial charge on any atom is -0.507 e. The molecule has 5 heteroatoms. The Hall–Kier alpha value is -2.53. The number of phenolic OH excluding ortho intramolecular Hbond substituents is 2. The van der Waals surface area contributed by atoms with Crippen molar-refractivity contribution < 1.29 is 19.7 Å². The molecule has 0 bridgehead atoms. The number of benzene rings is 2. The number of ether oxygens (including phenoxy) is 1. The second-order valence-corrected chi connectivity index (χ2v) is 6.32. The standard InChI is InChI=1S/C20H23NO4/c1-3-21-11-7-10-16(21)15-12-17(22)18(13(2)19(15)23)20(24)25-14-8-5-4-6-9-14/h4-6,8-9,12,16,22-23H,3,7,10-11H2,1-2H3/t16-/m0/s1. The lowest BCUT2D eigenvalue weighted by Gasteiger charge is -2.25. The Bertz CT molecular complexity index is 773. The van der Waals surface area contributed by atoms with Crippen molar-refractivity contribution in [3.05, 3.63) is 53.1 Å². The Morgan fingerprint density at radius 1 is 1.28 bits per heavy atom. The van der Waals surface area contributed by atoms with Crippen LogP contribution in [0.1, 0.15) is 47.3 Å². The van der Waals surface area contributed by atoms with Gasteiger partial charge >= 0.3 is 5.97 Å². The van der Waals surface area contributed by atoms with Crippen LogP contribution in [-0.4, -0.2) is 34.2 Å². The van der Waals surface area contributed by atoms with Gasteiger partial charge in [0.05, 0.1) is 0 Å². The van der Waals surface area contributed by atoms with Gasteiger partial charge in [0, 0.05) is 17.2 Å². The highest BCUT2D eigenvalue weighted by molar-refractivity contribution is 5.96. The highest BCUT2D eigenvalue weighted by atomic mass is 16.5. The maximum absolute atomic E-state index is 12.5. The Morgan fingerprint density at radius 2 is 2.00 bits per heavy atom. The van der Waals surface area contributed by atoms with Crippen LogP contribution >= 0.6 is 0 Å². The first-order chi connectivity index (χ1) is 12.0. The van der Waals surface area contributed by atoms with Gasteiger partial charge in [-0.2, -0.15) is 0 Å². The van der Waals surface area contributed by atoms with Gasteiger partial charge in [0.15, 0.2) is 0 Å². The number of para-hydroxylation sites is 1. The minimum absolute atomic E-state index is 0.00569. The first-order valence-corrected chi connectivity index (χ1v) is 8.59. The van der Waals surface area contributed by atoms with Crippen LogP contribution < -0.4 is 4.74 Å². The summed E-state index contributed by atoms with van der Waals surface area (Å²) in [5.74, 6) is -0.387. The number of aromatic hydroxyl groups is 2. The van der Waals surface area contributed by atoms with E-state index in [4.69, 9.17) is 4.74 Å². The van der Waals surface area contributed by atoms with Crippen LogP contribution in [0.4, 0.5) is 0 Å². The molecular weight excluding hydrogens is 318 g/mol. The summed E-state index contributed by atoms with van der Waals surface area (Å²) in [4.78, 5) is 14.7. The molecule has 0 unspecified atom stereocenters. The molecule has 1 fully saturated rings. The molecule has 5 nitrogen and oxygen atoms in total. The van der Waals surface area contributed by atoms with E-state index in [1.165, 1.54) is 6.07 Å². The zero-order chi connectivity index (χ0) is 18.0. The van der Waals surface area contributed by atoms with E-state index >= 15 is 0 Å². The molecule has 0 spiro atoms. The zero-order valence-electron chi connectivity index (χ0n) is 14.5. The maximum atomic E-state index is 12.5. The largest absolute Gasteiger partial charge is 0.507 e. The fourth-order valence-electron chi connectivity index (χ4n) is 3.53. The molecule has 1 aliphatic heterocycles. The third kappa shape index (κ3) is 3.33. The van der Waals surface area contributed by atoms with E-state index in [0.29, 0.717) is 16.9 Å². The van der Waals surface area contributed by atoms with Gasteiger partial charge in [0.2, 0.25) is 0 Å². The zero-order valence-corrected chi connectivity index (χ0v) is 14.5. The fraction of sp³-hybridized carbons (Fsp3) is 0.350. The first kappa shape index (κ1) is 17.3. The summed E-state index contributed by atoms with van der Waals surface area (Å²) >= 11 is 0. The summed E-state index contributed by atoms with van der Waals surface area (Å²) in [7, 11) is 0. The number of phenols is 2. The average Bonchev–Trinajstić information content (AvgIpc) is 3.07. The number of rotatable bonds is 4. The van der Waals surface area contributed by atoms with Crippen LogP contribution in [0.2, 0.25) is 0 Å². The van der Waals surface area contributed by atoms with Gasteiger partial charge < -0.3 is 14.9 Å². The first-order valence-electron chi connectivity index (χ1n) is 8.59. The molecule has 0 radical (unpaired) electrons. The number of hydrogen-bond donors (Lipinski definition) is 2. The molecule has 0 aromatic heterocycles. The van der Waals surface area contributed by atoms with Gasteiger partial charge in [0.25, 0.3) is 0 Å². The van der Waals surface area contributed by atoms with Crippen molar-refractivity contribution in [1.82, 2.24) is 4.90 Å². The predicted molar refractivity (Wildman–Crippen MR) is 95.1 cm³/mol. The lowest BCUT2D eigenvalue weighted by molar-refractivity contribution is 0.0730. The van der Waals surface area contributed by atoms with Crippen LogP contribution in [0.3, 0.4) is 0 Å². The van der Waals surface area contributed by atoms with Gasteiger partial charge in [0.1, 0.15) is 22.8 Å². The smallest absolute Gasteiger partial charge is 0.347 e. The van der Waals surface area contributed by atoms with Gasteiger partial charge in [-0.15, -0.1) is 0 Å². The third-order valence-electron chi connectivity index (χ3n) is 4.84.